The minimum Gasteiger partial charge on any atom is -0.380 e. The van der Waals surface area contributed by atoms with Crippen molar-refractivity contribution >= 4 is 39.1 Å². The minimum absolute atomic E-state index is 0.148. The molecule has 2 N–H and O–H groups in total. The molecule has 2 heterocycles. The number of hydrogen-bond donors (Lipinski definition) is 1. The van der Waals surface area contributed by atoms with Crippen LogP contribution < -0.4 is 5.73 Å². The van der Waals surface area contributed by atoms with Gasteiger partial charge in [-0.2, -0.15) is 0 Å². The Hall–Kier alpha value is -1.74. The molecule has 27 heavy (non-hydrogen) atoms. The molecule has 0 aromatic carbocycles. The highest BCUT2D eigenvalue weighted by atomic mass is 79.9. The molecular weight excluding hydrogens is 430 g/mol. The molecule has 0 amide bonds. The van der Waals surface area contributed by atoms with Crippen molar-refractivity contribution in [1.82, 2.24) is 14.8 Å². The van der Waals surface area contributed by atoms with Crippen molar-refractivity contribution < 1.29 is 9.63 Å². The molecule has 6 rings (SSSR count). The van der Waals surface area contributed by atoms with E-state index in [1.165, 1.54) is 17.8 Å². The summed E-state index contributed by atoms with van der Waals surface area (Å²) in [5.74, 6) is 1.03. The van der Waals surface area contributed by atoms with E-state index in [-0.39, 0.29) is 17.3 Å². The number of carbonyl (C=O) groups excluding carboxylic acids is 1. The molecule has 0 spiro atoms. The molecule has 0 aliphatic heterocycles. The zero-order valence-electron chi connectivity index (χ0n) is 14.7. The summed E-state index contributed by atoms with van der Waals surface area (Å²) in [6.45, 7) is 0. The van der Waals surface area contributed by atoms with E-state index < -0.39 is 5.41 Å². The van der Waals surface area contributed by atoms with E-state index in [1.54, 1.807) is 6.33 Å². The first-order valence-electron chi connectivity index (χ1n) is 9.15. The Morgan fingerprint density at radius 2 is 2.15 bits per heavy atom. The summed E-state index contributed by atoms with van der Waals surface area (Å²) >= 11 is 4.82. The second kappa shape index (κ2) is 6.13. The fourth-order valence-electron chi connectivity index (χ4n) is 5.85. The number of rotatable bonds is 4. The monoisotopic (exact) mass is 449 g/mol. The van der Waals surface area contributed by atoms with E-state index in [4.69, 9.17) is 10.6 Å². The van der Waals surface area contributed by atoms with Gasteiger partial charge in [0.25, 0.3) is 0 Å². The molecule has 2 unspecified atom stereocenters. The average molecular weight is 450 g/mol. The van der Waals surface area contributed by atoms with Crippen molar-refractivity contribution in [3.05, 3.63) is 33.5 Å². The summed E-state index contributed by atoms with van der Waals surface area (Å²) in [4.78, 5) is 23.5. The molecule has 4 aliphatic carbocycles. The van der Waals surface area contributed by atoms with Crippen LogP contribution in [0.2, 0.25) is 0 Å². The molecule has 4 saturated carbocycles. The number of nitrogens with zero attached hydrogens (tertiary/aromatic N) is 4. The summed E-state index contributed by atoms with van der Waals surface area (Å²) in [6, 6.07) is 3.75. The number of hydrogen-bond acceptors (Lipinski definition) is 6. The van der Waals surface area contributed by atoms with Crippen molar-refractivity contribution in [1.29, 1.82) is 0 Å². The third kappa shape index (κ3) is 2.82. The molecule has 4 aliphatic rings. The molecule has 0 saturated heterocycles. The maximum absolute atomic E-state index is 13.1. The number of halogens is 1. The predicted molar refractivity (Wildman–Crippen MR) is 104 cm³/mol. The number of oxime groups is 1. The maximum atomic E-state index is 13.1. The molecular formula is C18H20BrN5O2S. The van der Waals surface area contributed by atoms with E-state index >= 15 is 0 Å². The summed E-state index contributed by atoms with van der Waals surface area (Å²) in [5.41, 5.74) is 5.31. The van der Waals surface area contributed by atoms with Gasteiger partial charge in [0, 0.05) is 0 Å². The van der Waals surface area contributed by atoms with Crippen LogP contribution in [-0.2, 0) is 15.2 Å². The number of thiophene rings is 1. The van der Waals surface area contributed by atoms with E-state index in [9.17, 15) is 4.79 Å². The van der Waals surface area contributed by atoms with Crippen molar-refractivity contribution in [2.75, 3.05) is 0 Å². The standard InChI is InChI=1S/C18H20BrN5O2S/c19-16-21-10-24(22-16)18-7-11-4-12(8-18)6-17(5-11,9-18)15(25)26-23-14(20)13-2-1-3-27-13/h1-3,10-12H,4-9H2,(H2,20,23). The first kappa shape index (κ1) is 17.4. The van der Waals surface area contributed by atoms with E-state index in [0.29, 0.717) is 16.6 Å². The van der Waals surface area contributed by atoms with Gasteiger partial charge in [0.2, 0.25) is 4.73 Å². The quantitative estimate of drug-likeness (QED) is 0.334. The van der Waals surface area contributed by atoms with Crippen LogP contribution >= 0.6 is 27.3 Å². The van der Waals surface area contributed by atoms with Gasteiger partial charge in [0.15, 0.2) is 5.84 Å². The van der Waals surface area contributed by atoms with Crippen LogP contribution in [-0.4, -0.2) is 26.6 Å². The number of carbonyl (C=O) groups is 1. The Morgan fingerprint density at radius 3 is 2.78 bits per heavy atom. The van der Waals surface area contributed by atoms with Crippen molar-refractivity contribution in [2.45, 2.75) is 44.1 Å². The lowest BCUT2D eigenvalue weighted by molar-refractivity contribution is -0.179. The highest BCUT2D eigenvalue weighted by molar-refractivity contribution is 9.10. The Labute approximate surface area is 169 Å². The zero-order chi connectivity index (χ0) is 18.6. The topological polar surface area (TPSA) is 95.4 Å². The number of amidine groups is 1. The zero-order valence-corrected chi connectivity index (χ0v) is 17.1. The predicted octanol–water partition coefficient (Wildman–Crippen LogP) is 3.26. The summed E-state index contributed by atoms with van der Waals surface area (Å²) in [5, 5.41) is 10.4. The highest BCUT2D eigenvalue weighted by Crippen LogP contribution is 2.64. The number of aromatic nitrogens is 3. The Bertz CT molecular complexity index is 895. The first-order valence-corrected chi connectivity index (χ1v) is 10.8. The van der Waals surface area contributed by atoms with Crippen LogP contribution in [0.25, 0.3) is 0 Å². The molecule has 9 heteroatoms. The Morgan fingerprint density at radius 1 is 1.37 bits per heavy atom. The molecule has 2 atom stereocenters. The normalized spacial score (nSPS) is 34.8. The van der Waals surface area contributed by atoms with E-state index in [0.717, 1.165) is 37.0 Å². The smallest absolute Gasteiger partial charge is 0.341 e. The van der Waals surface area contributed by atoms with Gasteiger partial charge in [-0.3, -0.25) is 0 Å². The summed E-state index contributed by atoms with van der Waals surface area (Å²) < 4.78 is 2.56. The molecule has 4 bridgehead atoms. The third-order valence-corrected chi connectivity index (χ3v) is 7.67. The van der Waals surface area contributed by atoms with Gasteiger partial charge in [-0.05, 0) is 77.7 Å². The molecule has 142 valence electrons. The SMILES string of the molecule is N/C(=N\OC(=O)C12CC3CC(C1)CC(n1cnc(Br)n1)(C3)C2)c1cccs1. The van der Waals surface area contributed by atoms with Gasteiger partial charge in [0.1, 0.15) is 6.33 Å². The third-order valence-electron chi connectivity index (χ3n) is 6.41. The lowest BCUT2D eigenvalue weighted by Gasteiger charge is -2.60. The van der Waals surface area contributed by atoms with Gasteiger partial charge in [-0.15, -0.1) is 16.4 Å². The van der Waals surface area contributed by atoms with Crippen LogP contribution in [0.3, 0.4) is 0 Å². The van der Waals surface area contributed by atoms with Crippen LogP contribution in [0.1, 0.15) is 43.4 Å². The number of nitrogens with two attached hydrogens (primary N) is 1. The van der Waals surface area contributed by atoms with Gasteiger partial charge in [-0.25, -0.2) is 14.5 Å². The fourth-order valence-corrected chi connectivity index (χ4v) is 6.73. The Balaban J connectivity index is 1.42. The van der Waals surface area contributed by atoms with Gasteiger partial charge in [-0.1, -0.05) is 11.2 Å². The molecule has 7 nitrogen and oxygen atoms in total. The molecule has 4 fully saturated rings. The lowest BCUT2D eigenvalue weighted by atomic mass is 9.47. The average Bonchev–Trinajstić information content (AvgIpc) is 3.30. The fraction of sp³-hybridized carbons (Fsp3) is 0.556. The second-order valence-corrected chi connectivity index (χ2v) is 9.91. The van der Waals surface area contributed by atoms with Crippen LogP contribution in [0.5, 0.6) is 0 Å². The molecule has 2 aromatic heterocycles. The minimum atomic E-state index is -0.498. The maximum Gasteiger partial charge on any atom is 0.341 e. The van der Waals surface area contributed by atoms with Crippen LogP contribution in [0.15, 0.2) is 33.7 Å². The highest BCUT2D eigenvalue weighted by Gasteiger charge is 2.62. The largest absolute Gasteiger partial charge is 0.380 e. The van der Waals surface area contributed by atoms with Crippen molar-refractivity contribution in [3.63, 3.8) is 0 Å². The van der Waals surface area contributed by atoms with Gasteiger partial charge < -0.3 is 10.6 Å². The van der Waals surface area contributed by atoms with Crippen LogP contribution in [0, 0.1) is 17.3 Å². The van der Waals surface area contributed by atoms with E-state index in [1.807, 2.05) is 22.2 Å². The Kier molecular flexibility index (Phi) is 3.94. The second-order valence-electron chi connectivity index (χ2n) is 8.26. The van der Waals surface area contributed by atoms with Crippen molar-refractivity contribution in [3.8, 4) is 0 Å². The molecule has 0 radical (unpaired) electrons. The lowest BCUT2D eigenvalue weighted by Crippen LogP contribution is -2.59. The van der Waals surface area contributed by atoms with Crippen molar-refractivity contribution in [2.24, 2.45) is 28.1 Å². The first-order chi connectivity index (χ1) is 13.0. The van der Waals surface area contributed by atoms with Crippen LogP contribution in [0.4, 0.5) is 0 Å². The summed E-state index contributed by atoms with van der Waals surface area (Å²) in [6.07, 6.45) is 7.54. The molecule has 2 aromatic rings. The van der Waals surface area contributed by atoms with Gasteiger partial charge >= 0.3 is 5.97 Å². The summed E-state index contributed by atoms with van der Waals surface area (Å²) in [7, 11) is 0. The van der Waals surface area contributed by atoms with Gasteiger partial charge in [0.05, 0.1) is 15.8 Å². The van der Waals surface area contributed by atoms with E-state index in [2.05, 4.69) is 31.2 Å².